The van der Waals surface area contributed by atoms with Crippen LogP contribution in [0.15, 0.2) is 5.16 Å². The smallest absolute Gasteiger partial charge is 0.236 e. The summed E-state index contributed by atoms with van der Waals surface area (Å²) >= 11 is 0. The van der Waals surface area contributed by atoms with E-state index in [0.29, 0.717) is 12.8 Å². The number of carbonyl (C=O) groups is 1. The molecule has 0 bridgehead atoms. The quantitative estimate of drug-likeness (QED) is 0.292. The zero-order chi connectivity index (χ0) is 13.3. The van der Waals surface area contributed by atoms with E-state index in [1.165, 1.54) is 0 Å². The largest absolute Gasteiger partial charge is 0.409 e. The van der Waals surface area contributed by atoms with Gasteiger partial charge in [0.15, 0.2) is 5.84 Å². The lowest BCUT2D eigenvalue weighted by molar-refractivity contribution is -0.138. The van der Waals surface area contributed by atoms with Gasteiger partial charge >= 0.3 is 0 Å². The highest BCUT2D eigenvalue weighted by Crippen LogP contribution is 2.48. The molecule has 2 fully saturated rings. The number of likely N-dealkylation sites (N-methyl/N-ethyl adjacent to an activating group) is 1. The van der Waals surface area contributed by atoms with E-state index in [0.717, 1.165) is 25.7 Å². The Morgan fingerprint density at radius 2 is 2.00 bits per heavy atom. The van der Waals surface area contributed by atoms with Crippen LogP contribution in [0, 0.1) is 5.41 Å². The van der Waals surface area contributed by atoms with Crippen LogP contribution in [-0.2, 0) is 4.79 Å². The summed E-state index contributed by atoms with van der Waals surface area (Å²) in [4.78, 5) is 14.0. The Labute approximate surface area is 106 Å². The molecular weight excluding hydrogens is 234 g/mol. The summed E-state index contributed by atoms with van der Waals surface area (Å²) in [6, 6.07) is -0.143. The summed E-state index contributed by atoms with van der Waals surface area (Å²) in [6.45, 7) is 0. The highest BCUT2D eigenvalue weighted by Gasteiger charge is 2.56. The standard InChI is InChI=1S/C12H21N3O3/c1-15(8-4-2-3-5-9(8)16)11(17)12(6-7-12)10(13)14-18/h8-9,16,18H,2-7H2,1H3,(H2,13,14). The average molecular weight is 255 g/mol. The molecule has 6 heteroatoms. The lowest BCUT2D eigenvalue weighted by Crippen LogP contribution is -2.51. The van der Waals surface area contributed by atoms with Crippen molar-refractivity contribution < 1.29 is 15.1 Å². The predicted octanol–water partition coefficient (Wildman–Crippen LogP) is 0.275. The van der Waals surface area contributed by atoms with Gasteiger partial charge in [0.2, 0.25) is 5.91 Å². The summed E-state index contributed by atoms with van der Waals surface area (Å²) in [5, 5.41) is 21.7. The number of amidine groups is 1. The SMILES string of the molecule is CN(C(=O)C1(C(N)=NO)CC1)C1CCCCC1O. The molecule has 4 N–H and O–H groups in total. The predicted molar refractivity (Wildman–Crippen MR) is 66.1 cm³/mol. The molecule has 0 aliphatic heterocycles. The Kier molecular flexibility index (Phi) is 3.47. The third-order valence-electron chi connectivity index (χ3n) is 4.27. The molecule has 0 radical (unpaired) electrons. The van der Waals surface area contributed by atoms with Gasteiger partial charge in [0.05, 0.1) is 12.1 Å². The summed E-state index contributed by atoms with van der Waals surface area (Å²) in [5.41, 5.74) is 4.79. The monoisotopic (exact) mass is 255 g/mol. The Balaban J connectivity index is 2.09. The van der Waals surface area contributed by atoms with Gasteiger partial charge in [-0.2, -0.15) is 0 Å². The molecular formula is C12H21N3O3. The lowest BCUT2D eigenvalue weighted by atomic mass is 9.90. The number of oxime groups is 1. The normalized spacial score (nSPS) is 30.9. The van der Waals surface area contributed by atoms with Gasteiger partial charge in [0.25, 0.3) is 0 Å². The fraction of sp³-hybridized carbons (Fsp3) is 0.833. The van der Waals surface area contributed by atoms with Crippen LogP contribution < -0.4 is 5.73 Å². The third-order valence-corrected chi connectivity index (χ3v) is 4.27. The number of rotatable bonds is 3. The summed E-state index contributed by atoms with van der Waals surface area (Å²) < 4.78 is 0. The number of nitrogens with two attached hydrogens (primary N) is 1. The number of aliphatic hydroxyl groups excluding tert-OH is 1. The molecule has 102 valence electrons. The number of nitrogens with zero attached hydrogens (tertiary/aromatic N) is 2. The van der Waals surface area contributed by atoms with E-state index in [9.17, 15) is 9.90 Å². The Morgan fingerprint density at radius 1 is 1.39 bits per heavy atom. The first-order valence-corrected chi connectivity index (χ1v) is 6.46. The molecule has 2 unspecified atom stereocenters. The fourth-order valence-corrected chi connectivity index (χ4v) is 2.83. The molecule has 0 aromatic carbocycles. The maximum Gasteiger partial charge on any atom is 0.236 e. The van der Waals surface area contributed by atoms with Crippen molar-refractivity contribution >= 4 is 11.7 Å². The number of aliphatic hydroxyl groups is 1. The average Bonchev–Trinajstić information content (AvgIpc) is 3.18. The molecule has 2 saturated carbocycles. The molecule has 0 aromatic heterocycles. The zero-order valence-corrected chi connectivity index (χ0v) is 10.7. The van der Waals surface area contributed by atoms with Crippen molar-refractivity contribution in [1.82, 2.24) is 4.90 Å². The molecule has 0 aromatic rings. The second kappa shape index (κ2) is 4.76. The van der Waals surface area contributed by atoms with Crippen molar-refractivity contribution in [2.45, 2.75) is 50.7 Å². The highest BCUT2D eigenvalue weighted by molar-refractivity contribution is 6.09. The van der Waals surface area contributed by atoms with Crippen molar-refractivity contribution in [2.24, 2.45) is 16.3 Å². The van der Waals surface area contributed by atoms with Crippen LogP contribution in [-0.4, -0.2) is 46.1 Å². The van der Waals surface area contributed by atoms with Crippen LogP contribution >= 0.6 is 0 Å². The van der Waals surface area contributed by atoms with E-state index in [1.54, 1.807) is 11.9 Å². The first-order valence-electron chi connectivity index (χ1n) is 6.46. The maximum atomic E-state index is 12.4. The van der Waals surface area contributed by atoms with Crippen molar-refractivity contribution in [2.75, 3.05) is 7.05 Å². The molecule has 1 amide bonds. The molecule has 2 aliphatic carbocycles. The van der Waals surface area contributed by atoms with Crippen molar-refractivity contribution in [1.29, 1.82) is 0 Å². The van der Waals surface area contributed by atoms with Crippen molar-refractivity contribution in [3.63, 3.8) is 0 Å². The number of amides is 1. The van der Waals surface area contributed by atoms with Gasteiger partial charge in [-0.3, -0.25) is 4.79 Å². The van der Waals surface area contributed by atoms with E-state index in [1.807, 2.05) is 0 Å². The van der Waals surface area contributed by atoms with Gasteiger partial charge in [-0.15, -0.1) is 0 Å². The first kappa shape index (κ1) is 13.1. The minimum absolute atomic E-state index is 0.00958. The summed E-state index contributed by atoms with van der Waals surface area (Å²) in [6.07, 6.45) is 4.36. The van der Waals surface area contributed by atoms with Crippen LogP contribution in [0.1, 0.15) is 38.5 Å². The van der Waals surface area contributed by atoms with Gasteiger partial charge in [0.1, 0.15) is 5.41 Å². The molecule has 0 heterocycles. The van der Waals surface area contributed by atoms with Crippen molar-refractivity contribution in [3.8, 4) is 0 Å². The zero-order valence-electron chi connectivity index (χ0n) is 10.7. The van der Waals surface area contributed by atoms with Gasteiger partial charge in [-0.1, -0.05) is 18.0 Å². The second-order valence-electron chi connectivity index (χ2n) is 5.40. The molecule has 0 saturated heterocycles. The molecule has 0 spiro atoms. The second-order valence-corrected chi connectivity index (χ2v) is 5.40. The highest BCUT2D eigenvalue weighted by atomic mass is 16.4. The topological polar surface area (TPSA) is 99.2 Å². The van der Waals surface area contributed by atoms with Gasteiger partial charge in [0, 0.05) is 7.05 Å². The molecule has 6 nitrogen and oxygen atoms in total. The van der Waals surface area contributed by atoms with E-state index < -0.39 is 11.5 Å². The first-order chi connectivity index (χ1) is 8.53. The molecule has 2 rings (SSSR count). The maximum absolute atomic E-state index is 12.4. The van der Waals surface area contributed by atoms with Gasteiger partial charge in [-0.05, 0) is 25.7 Å². The Hall–Kier alpha value is -1.30. The van der Waals surface area contributed by atoms with Gasteiger partial charge in [-0.25, -0.2) is 0 Å². The van der Waals surface area contributed by atoms with Crippen LogP contribution in [0.5, 0.6) is 0 Å². The molecule has 2 aliphatic rings. The van der Waals surface area contributed by atoms with Gasteiger partial charge < -0.3 is 20.9 Å². The van der Waals surface area contributed by atoms with E-state index >= 15 is 0 Å². The van der Waals surface area contributed by atoms with Crippen LogP contribution in [0.4, 0.5) is 0 Å². The van der Waals surface area contributed by atoms with Crippen molar-refractivity contribution in [3.05, 3.63) is 0 Å². The van der Waals surface area contributed by atoms with Crippen LogP contribution in [0.3, 0.4) is 0 Å². The summed E-state index contributed by atoms with van der Waals surface area (Å²) in [7, 11) is 1.70. The summed E-state index contributed by atoms with van der Waals surface area (Å²) in [5.74, 6) is -0.145. The number of carbonyl (C=O) groups excluding carboxylic acids is 1. The van der Waals surface area contributed by atoms with E-state index in [-0.39, 0.29) is 17.8 Å². The van der Waals surface area contributed by atoms with E-state index in [2.05, 4.69) is 5.16 Å². The minimum atomic E-state index is -0.819. The minimum Gasteiger partial charge on any atom is -0.409 e. The Morgan fingerprint density at radius 3 is 2.50 bits per heavy atom. The Bertz CT molecular complexity index is 366. The molecule has 18 heavy (non-hydrogen) atoms. The number of hydrogen-bond acceptors (Lipinski definition) is 4. The van der Waals surface area contributed by atoms with Crippen LogP contribution in [0.25, 0.3) is 0 Å². The lowest BCUT2D eigenvalue weighted by Gasteiger charge is -2.36. The fourth-order valence-electron chi connectivity index (χ4n) is 2.83. The van der Waals surface area contributed by atoms with E-state index in [4.69, 9.17) is 10.9 Å². The van der Waals surface area contributed by atoms with Crippen LogP contribution in [0.2, 0.25) is 0 Å². The third kappa shape index (κ3) is 2.05. The molecule has 2 atom stereocenters. The number of hydrogen-bond donors (Lipinski definition) is 3.